The first-order valence-corrected chi connectivity index (χ1v) is 6.70. The second-order valence-corrected chi connectivity index (χ2v) is 4.92. The predicted octanol–water partition coefficient (Wildman–Crippen LogP) is 3.76. The molecule has 2 rings (SSSR count). The van der Waals surface area contributed by atoms with Crippen LogP contribution in [0, 0.1) is 5.82 Å². The summed E-state index contributed by atoms with van der Waals surface area (Å²) in [5.74, 6) is -1.23. The molecular formula is C14H17F4NO. The number of hydrogen-bond acceptors (Lipinski definition) is 2. The van der Waals surface area contributed by atoms with E-state index in [0.717, 1.165) is 38.3 Å². The number of halogens is 4. The zero-order valence-corrected chi connectivity index (χ0v) is 11.0. The maximum Gasteiger partial charge on any atom is 0.419 e. The number of piperidine rings is 1. The van der Waals surface area contributed by atoms with Gasteiger partial charge in [0.05, 0.1) is 12.2 Å². The Kier molecular flexibility index (Phi) is 4.86. The molecule has 1 aliphatic heterocycles. The number of benzene rings is 1. The van der Waals surface area contributed by atoms with Gasteiger partial charge in [-0.3, -0.25) is 0 Å². The van der Waals surface area contributed by atoms with Crippen molar-refractivity contribution in [2.24, 2.45) is 0 Å². The third kappa shape index (κ3) is 4.10. The highest BCUT2D eigenvalue weighted by atomic mass is 19.4. The minimum absolute atomic E-state index is 0.0505. The predicted molar refractivity (Wildman–Crippen MR) is 67.2 cm³/mol. The largest absolute Gasteiger partial charge is 0.494 e. The highest BCUT2D eigenvalue weighted by molar-refractivity contribution is 5.31. The first kappa shape index (κ1) is 15.1. The number of hydrogen-bond donors (Lipinski definition) is 1. The summed E-state index contributed by atoms with van der Waals surface area (Å²) in [6, 6.07) is 3.07. The Morgan fingerprint density at radius 2 is 2.05 bits per heavy atom. The van der Waals surface area contributed by atoms with E-state index in [1.54, 1.807) is 0 Å². The molecule has 0 spiro atoms. The Labute approximate surface area is 115 Å². The molecule has 1 aliphatic rings. The van der Waals surface area contributed by atoms with Crippen LogP contribution in [0.1, 0.15) is 31.2 Å². The lowest BCUT2D eigenvalue weighted by Gasteiger charge is -2.23. The van der Waals surface area contributed by atoms with Gasteiger partial charge in [0.15, 0.2) is 0 Å². The molecule has 0 amide bonds. The molecule has 1 unspecified atom stereocenters. The van der Waals surface area contributed by atoms with Gasteiger partial charge in [-0.25, -0.2) is 4.39 Å². The molecule has 1 aromatic carbocycles. The van der Waals surface area contributed by atoms with Crippen molar-refractivity contribution in [3.05, 3.63) is 29.6 Å². The molecule has 1 saturated heterocycles. The minimum Gasteiger partial charge on any atom is -0.494 e. The summed E-state index contributed by atoms with van der Waals surface area (Å²) in [5, 5.41) is 3.33. The molecule has 1 fully saturated rings. The average molecular weight is 291 g/mol. The topological polar surface area (TPSA) is 21.3 Å². The second kappa shape index (κ2) is 6.43. The molecule has 6 heteroatoms. The molecule has 0 aromatic heterocycles. The van der Waals surface area contributed by atoms with Crippen LogP contribution < -0.4 is 10.1 Å². The van der Waals surface area contributed by atoms with Crippen molar-refractivity contribution in [2.45, 2.75) is 37.9 Å². The number of nitrogens with one attached hydrogen (secondary N) is 1. The van der Waals surface area contributed by atoms with Gasteiger partial charge >= 0.3 is 6.18 Å². The molecule has 1 heterocycles. The average Bonchev–Trinajstić information content (AvgIpc) is 2.40. The smallest absolute Gasteiger partial charge is 0.419 e. The van der Waals surface area contributed by atoms with Crippen LogP contribution in [0.5, 0.6) is 5.75 Å². The zero-order valence-electron chi connectivity index (χ0n) is 11.0. The first-order chi connectivity index (χ1) is 9.47. The molecular weight excluding hydrogens is 274 g/mol. The van der Waals surface area contributed by atoms with Crippen molar-refractivity contribution in [3.63, 3.8) is 0 Å². The van der Waals surface area contributed by atoms with Crippen molar-refractivity contribution >= 4 is 0 Å². The van der Waals surface area contributed by atoms with Crippen LogP contribution >= 0.6 is 0 Å². The Bertz CT molecular complexity index is 441. The Morgan fingerprint density at radius 3 is 2.70 bits per heavy atom. The monoisotopic (exact) mass is 291 g/mol. The fourth-order valence-electron chi connectivity index (χ4n) is 2.30. The van der Waals surface area contributed by atoms with Crippen molar-refractivity contribution < 1.29 is 22.3 Å². The molecule has 112 valence electrons. The first-order valence-electron chi connectivity index (χ1n) is 6.70. The van der Waals surface area contributed by atoms with Crippen LogP contribution in [0.25, 0.3) is 0 Å². The summed E-state index contributed by atoms with van der Waals surface area (Å²) in [4.78, 5) is 0. The van der Waals surface area contributed by atoms with Gasteiger partial charge in [0.25, 0.3) is 0 Å². The van der Waals surface area contributed by atoms with Gasteiger partial charge in [-0.2, -0.15) is 13.2 Å². The summed E-state index contributed by atoms with van der Waals surface area (Å²) in [5.41, 5.74) is -1.29. The highest BCUT2D eigenvalue weighted by Gasteiger charge is 2.34. The molecule has 1 atom stereocenters. The molecule has 0 aliphatic carbocycles. The van der Waals surface area contributed by atoms with E-state index in [-0.39, 0.29) is 5.75 Å². The van der Waals surface area contributed by atoms with E-state index in [4.69, 9.17) is 4.74 Å². The maximum absolute atomic E-state index is 13.1. The standard InChI is InChI=1S/C14H17F4NO/c15-13-5-4-11(9-12(13)14(16,17)18)20-8-6-10-3-1-2-7-19-10/h4-5,9-10,19H,1-3,6-8H2. The summed E-state index contributed by atoms with van der Waals surface area (Å²) in [6.45, 7) is 1.29. The van der Waals surface area contributed by atoms with Crippen molar-refractivity contribution in [1.29, 1.82) is 0 Å². The number of ether oxygens (including phenoxy) is 1. The Morgan fingerprint density at radius 1 is 1.25 bits per heavy atom. The highest BCUT2D eigenvalue weighted by Crippen LogP contribution is 2.33. The molecule has 0 saturated carbocycles. The van der Waals surface area contributed by atoms with Gasteiger partial charge < -0.3 is 10.1 Å². The van der Waals surface area contributed by atoms with E-state index in [1.807, 2.05) is 0 Å². The zero-order chi connectivity index (χ0) is 14.6. The van der Waals surface area contributed by atoms with Crippen LogP contribution in [-0.4, -0.2) is 19.2 Å². The minimum atomic E-state index is -4.70. The summed E-state index contributed by atoms with van der Waals surface area (Å²) >= 11 is 0. The fraction of sp³-hybridized carbons (Fsp3) is 0.571. The quantitative estimate of drug-likeness (QED) is 0.853. The maximum atomic E-state index is 13.1. The molecule has 1 N–H and O–H groups in total. The summed E-state index contributed by atoms with van der Waals surface area (Å²) < 4.78 is 56.0. The third-order valence-corrected chi connectivity index (χ3v) is 3.39. The normalized spacial score (nSPS) is 19.9. The van der Waals surface area contributed by atoms with E-state index in [9.17, 15) is 17.6 Å². The lowest BCUT2D eigenvalue weighted by atomic mass is 10.0. The van der Waals surface area contributed by atoms with Gasteiger partial charge in [-0.15, -0.1) is 0 Å². The van der Waals surface area contributed by atoms with Crippen molar-refractivity contribution in [1.82, 2.24) is 5.32 Å². The molecule has 0 radical (unpaired) electrons. The fourth-order valence-corrected chi connectivity index (χ4v) is 2.30. The van der Waals surface area contributed by atoms with Crippen LogP contribution in [0.4, 0.5) is 17.6 Å². The third-order valence-electron chi connectivity index (χ3n) is 3.39. The van der Waals surface area contributed by atoms with Gasteiger partial charge in [0, 0.05) is 6.04 Å². The van der Waals surface area contributed by atoms with Gasteiger partial charge in [0.2, 0.25) is 0 Å². The van der Waals surface area contributed by atoms with Gasteiger partial charge in [-0.1, -0.05) is 6.42 Å². The number of alkyl halides is 3. The lowest BCUT2D eigenvalue weighted by molar-refractivity contribution is -0.140. The SMILES string of the molecule is Fc1ccc(OCCC2CCCCN2)cc1C(F)(F)F. The Hall–Kier alpha value is -1.30. The second-order valence-electron chi connectivity index (χ2n) is 4.92. The van der Waals surface area contributed by atoms with Crippen LogP contribution in [0.15, 0.2) is 18.2 Å². The molecule has 0 bridgehead atoms. The number of rotatable bonds is 4. The molecule has 20 heavy (non-hydrogen) atoms. The summed E-state index contributed by atoms with van der Waals surface area (Å²) in [6.07, 6.45) is -0.593. The van der Waals surface area contributed by atoms with E-state index in [2.05, 4.69) is 5.32 Å². The van der Waals surface area contributed by atoms with Crippen molar-refractivity contribution in [2.75, 3.05) is 13.2 Å². The summed E-state index contributed by atoms with van der Waals surface area (Å²) in [7, 11) is 0. The van der Waals surface area contributed by atoms with Gasteiger partial charge in [-0.05, 0) is 44.0 Å². The van der Waals surface area contributed by atoms with E-state index in [0.29, 0.717) is 18.7 Å². The van der Waals surface area contributed by atoms with E-state index < -0.39 is 17.6 Å². The lowest BCUT2D eigenvalue weighted by Crippen LogP contribution is -2.35. The van der Waals surface area contributed by atoms with Crippen LogP contribution in [0.2, 0.25) is 0 Å². The molecule has 1 aromatic rings. The van der Waals surface area contributed by atoms with Crippen molar-refractivity contribution in [3.8, 4) is 5.75 Å². The Balaban J connectivity index is 1.89. The van der Waals surface area contributed by atoms with E-state index >= 15 is 0 Å². The van der Waals surface area contributed by atoms with E-state index in [1.165, 1.54) is 6.07 Å². The molecule has 2 nitrogen and oxygen atoms in total. The van der Waals surface area contributed by atoms with Gasteiger partial charge in [0.1, 0.15) is 11.6 Å². The van der Waals surface area contributed by atoms with Crippen LogP contribution in [0.3, 0.4) is 0 Å². The van der Waals surface area contributed by atoms with Crippen LogP contribution in [-0.2, 0) is 6.18 Å².